The van der Waals surface area contributed by atoms with Gasteiger partial charge in [-0.05, 0) is 43.2 Å². The number of hydrogen-bond donors (Lipinski definition) is 0. The maximum absolute atomic E-state index is 13.1. The van der Waals surface area contributed by atoms with Gasteiger partial charge in [-0.15, -0.1) is 0 Å². The molecule has 0 saturated carbocycles. The van der Waals surface area contributed by atoms with Crippen LogP contribution < -0.4 is 0 Å². The molecule has 0 N–H and O–H groups in total. The Kier molecular flexibility index (Phi) is 5.51. The lowest BCUT2D eigenvalue weighted by molar-refractivity contribution is -0.127. The number of hydrogen-bond acceptors (Lipinski definition) is 2. The summed E-state index contributed by atoms with van der Waals surface area (Å²) < 4.78 is 13.1. The van der Waals surface area contributed by atoms with Crippen molar-refractivity contribution in [3.8, 4) is 0 Å². The highest BCUT2D eigenvalue weighted by atomic mass is 19.1. The molecule has 1 amide bonds. The Labute approximate surface area is 126 Å². The normalized spacial score (nSPS) is 17.3. The van der Waals surface area contributed by atoms with Gasteiger partial charge < -0.3 is 9.80 Å². The second-order valence-electron chi connectivity index (χ2n) is 5.50. The molecule has 114 valence electrons. The third-order valence-corrected chi connectivity index (χ3v) is 4.17. The number of amides is 1. The van der Waals surface area contributed by atoms with E-state index in [1.807, 2.05) is 11.9 Å². The van der Waals surface area contributed by atoms with Crippen LogP contribution in [0.3, 0.4) is 0 Å². The minimum atomic E-state index is -0.287. The molecule has 0 unspecified atom stereocenters. The Morgan fingerprint density at radius 2 is 2.14 bits per heavy atom. The first kappa shape index (κ1) is 15.7. The van der Waals surface area contributed by atoms with Crippen molar-refractivity contribution in [2.45, 2.75) is 25.8 Å². The summed E-state index contributed by atoms with van der Waals surface area (Å²) in [5.74, 6) is -0.306. The summed E-state index contributed by atoms with van der Waals surface area (Å²) in [7, 11) is 1.85. The highest BCUT2D eigenvalue weighted by Gasteiger charge is 2.23. The van der Waals surface area contributed by atoms with Gasteiger partial charge >= 0.3 is 0 Å². The highest BCUT2D eigenvalue weighted by molar-refractivity contribution is 5.91. The maximum atomic E-state index is 13.1. The van der Waals surface area contributed by atoms with E-state index in [1.54, 1.807) is 18.2 Å². The number of benzene rings is 1. The number of carbonyl (C=O) groups is 1. The van der Waals surface area contributed by atoms with Crippen LogP contribution >= 0.6 is 0 Å². The number of halogens is 1. The Hall–Kier alpha value is -1.68. The van der Waals surface area contributed by atoms with Crippen LogP contribution in [0, 0.1) is 5.82 Å². The van der Waals surface area contributed by atoms with Gasteiger partial charge in [0.1, 0.15) is 5.82 Å². The molecule has 4 heteroatoms. The van der Waals surface area contributed by atoms with E-state index in [4.69, 9.17) is 0 Å². The van der Waals surface area contributed by atoms with Crippen LogP contribution in [0.5, 0.6) is 0 Å². The topological polar surface area (TPSA) is 23.6 Å². The molecule has 2 rings (SSSR count). The van der Waals surface area contributed by atoms with Gasteiger partial charge in [0.15, 0.2) is 0 Å². The van der Waals surface area contributed by atoms with Crippen molar-refractivity contribution in [3.05, 3.63) is 41.7 Å². The first-order valence-corrected chi connectivity index (χ1v) is 7.53. The summed E-state index contributed by atoms with van der Waals surface area (Å²) in [5.41, 5.74) is 0.706. The van der Waals surface area contributed by atoms with Crippen LogP contribution in [0.4, 0.5) is 4.39 Å². The fraction of sp³-hybridized carbons (Fsp3) is 0.471. The van der Waals surface area contributed by atoms with Crippen molar-refractivity contribution in [3.63, 3.8) is 0 Å². The third kappa shape index (κ3) is 4.39. The van der Waals surface area contributed by atoms with Gasteiger partial charge in [-0.25, -0.2) is 4.39 Å². The summed E-state index contributed by atoms with van der Waals surface area (Å²) in [5, 5.41) is 0. The van der Waals surface area contributed by atoms with E-state index in [9.17, 15) is 9.18 Å². The van der Waals surface area contributed by atoms with Gasteiger partial charge in [0.2, 0.25) is 5.91 Å². The maximum Gasteiger partial charge on any atom is 0.246 e. The predicted molar refractivity (Wildman–Crippen MR) is 83.3 cm³/mol. The van der Waals surface area contributed by atoms with Crippen LogP contribution in [0.15, 0.2) is 30.3 Å². The molecule has 1 aromatic carbocycles. The number of carbonyl (C=O) groups excluding carboxylic acids is 1. The molecule has 1 aliphatic rings. The fourth-order valence-electron chi connectivity index (χ4n) is 2.70. The van der Waals surface area contributed by atoms with Crippen molar-refractivity contribution in [2.75, 3.05) is 26.7 Å². The molecular weight excluding hydrogens is 267 g/mol. The van der Waals surface area contributed by atoms with E-state index in [1.165, 1.54) is 18.2 Å². The Morgan fingerprint density at radius 3 is 2.76 bits per heavy atom. The van der Waals surface area contributed by atoms with Gasteiger partial charge in [0.25, 0.3) is 0 Å². The SMILES string of the molecule is CCN1CCC(N(C)C(=O)/C=C/c2cccc(F)c2)CC1. The van der Waals surface area contributed by atoms with Crippen molar-refractivity contribution in [2.24, 2.45) is 0 Å². The Bertz CT molecular complexity index is 507. The number of likely N-dealkylation sites (N-methyl/N-ethyl adjacent to an activating group) is 1. The first-order chi connectivity index (χ1) is 10.1. The molecule has 1 fully saturated rings. The molecule has 1 aromatic rings. The summed E-state index contributed by atoms with van der Waals surface area (Å²) in [6.07, 6.45) is 5.23. The second kappa shape index (κ2) is 7.36. The number of piperidine rings is 1. The van der Waals surface area contributed by atoms with Gasteiger partial charge in [-0.1, -0.05) is 19.1 Å². The number of rotatable bonds is 4. The molecule has 3 nitrogen and oxygen atoms in total. The molecular formula is C17H23FN2O. The van der Waals surface area contributed by atoms with Crippen molar-refractivity contribution >= 4 is 12.0 Å². The van der Waals surface area contributed by atoms with Crippen molar-refractivity contribution in [1.29, 1.82) is 0 Å². The Balaban J connectivity index is 1.91. The molecule has 0 aromatic heterocycles. The first-order valence-electron chi connectivity index (χ1n) is 7.53. The molecule has 1 heterocycles. The van der Waals surface area contributed by atoms with Crippen LogP contribution in [-0.4, -0.2) is 48.4 Å². The van der Waals surface area contributed by atoms with Crippen LogP contribution in [0.1, 0.15) is 25.3 Å². The van der Waals surface area contributed by atoms with Crippen molar-refractivity contribution in [1.82, 2.24) is 9.80 Å². The molecule has 0 radical (unpaired) electrons. The highest BCUT2D eigenvalue weighted by Crippen LogP contribution is 2.15. The largest absolute Gasteiger partial charge is 0.339 e. The summed E-state index contributed by atoms with van der Waals surface area (Å²) in [6, 6.07) is 6.55. The van der Waals surface area contributed by atoms with Crippen LogP contribution in [0.2, 0.25) is 0 Å². The monoisotopic (exact) mass is 290 g/mol. The lowest BCUT2D eigenvalue weighted by Gasteiger charge is -2.35. The van der Waals surface area contributed by atoms with Gasteiger partial charge in [-0.3, -0.25) is 4.79 Å². The number of nitrogens with zero attached hydrogens (tertiary/aromatic N) is 2. The van der Waals surface area contributed by atoms with E-state index in [0.717, 1.165) is 32.5 Å². The zero-order valence-corrected chi connectivity index (χ0v) is 12.8. The molecule has 0 bridgehead atoms. The lowest BCUT2D eigenvalue weighted by atomic mass is 10.0. The fourth-order valence-corrected chi connectivity index (χ4v) is 2.70. The quantitative estimate of drug-likeness (QED) is 0.796. The van der Waals surface area contributed by atoms with Crippen LogP contribution in [-0.2, 0) is 4.79 Å². The van der Waals surface area contributed by atoms with Gasteiger partial charge in [0.05, 0.1) is 0 Å². The predicted octanol–water partition coefficient (Wildman–Crippen LogP) is 2.78. The average Bonchev–Trinajstić information content (AvgIpc) is 2.52. The molecule has 0 atom stereocenters. The van der Waals surface area contributed by atoms with Gasteiger partial charge in [-0.2, -0.15) is 0 Å². The second-order valence-corrected chi connectivity index (χ2v) is 5.50. The zero-order chi connectivity index (χ0) is 15.2. The molecule has 1 saturated heterocycles. The van der Waals surface area contributed by atoms with E-state index >= 15 is 0 Å². The molecule has 21 heavy (non-hydrogen) atoms. The summed E-state index contributed by atoms with van der Waals surface area (Å²) in [6.45, 7) is 5.33. The number of likely N-dealkylation sites (tertiary alicyclic amines) is 1. The van der Waals surface area contributed by atoms with Crippen LogP contribution in [0.25, 0.3) is 6.08 Å². The smallest absolute Gasteiger partial charge is 0.246 e. The minimum absolute atomic E-state index is 0.0193. The van der Waals surface area contributed by atoms with E-state index in [-0.39, 0.29) is 11.7 Å². The van der Waals surface area contributed by atoms with Crippen molar-refractivity contribution < 1.29 is 9.18 Å². The van der Waals surface area contributed by atoms with E-state index in [2.05, 4.69) is 11.8 Å². The molecule has 0 spiro atoms. The average molecular weight is 290 g/mol. The standard InChI is InChI=1S/C17H23FN2O/c1-3-20-11-9-16(10-12-20)19(2)17(21)8-7-14-5-4-6-15(18)13-14/h4-8,13,16H,3,9-12H2,1-2H3/b8-7+. The summed E-state index contributed by atoms with van der Waals surface area (Å²) in [4.78, 5) is 16.4. The lowest BCUT2D eigenvalue weighted by Crippen LogP contribution is -2.45. The molecule has 1 aliphatic heterocycles. The van der Waals surface area contributed by atoms with Gasteiger partial charge in [0, 0.05) is 32.3 Å². The zero-order valence-electron chi connectivity index (χ0n) is 12.8. The van der Waals surface area contributed by atoms with E-state index in [0.29, 0.717) is 11.6 Å². The Morgan fingerprint density at radius 1 is 1.43 bits per heavy atom. The molecule has 0 aliphatic carbocycles. The third-order valence-electron chi connectivity index (χ3n) is 4.17. The minimum Gasteiger partial charge on any atom is -0.339 e. The summed E-state index contributed by atoms with van der Waals surface area (Å²) >= 11 is 0. The van der Waals surface area contributed by atoms with E-state index < -0.39 is 0 Å².